The molecule has 1 heterocycles. The van der Waals surface area contributed by atoms with Crippen LogP contribution in [-0.2, 0) is 9.53 Å². The van der Waals surface area contributed by atoms with Gasteiger partial charge in [-0.2, -0.15) is 0 Å². The molecule has 0 aromatic carbocycles. The normalized spacial score (nSPS) is 22.1. The van der Waals surface area contributed by atoms with Crippen molar-refractivity contribution in [1.29, 1.82) is 0 Å². The number of likely N-dealkylation sites (tertiary alicyclic amines) is 1. The number of aliphatic hydroxyl groups excluding tert-OH is 1. The van der Waals surface area contributed by atoms with Crippen molar-refractivity contribution in [2.75, 3.05) is 20.3 Å². The number of ether oxygens (including phenoxy) is 1. The number of rotatable bonds is 4. The lowest BCUT2D eigenvalue weighted by Crippen LogP contribution is -2.41. The van der Waals surface area contributed by atoms with Crippen molar-refractivity contribution in [2.24, 2.45) is 0 Å². The first-order valence-electron chi connectivity index (χ1n) is 5.45. The van der Waals surface area contributed by atoms with Crippen LogP contribution in [0.1, 0.15) is 33.1 Å². The van der Waals surface area contributed by atoms with E-state index in [2.05, 4.69) is 0 Å². The lowest BCUT2D eigenvalue weighted by molar-refractivity contribution is -0.138. The number of carbonyl (C=O) groups excluding carboxylic acids is 1. The number of methoxy groups -OCH3 is 1. The fourth-order valence-corrected chi connectivity index (χ4v) is 1.89. The van der Waals surface area contributed by atoms with Crippen LogP contribution in [0.4, 0.5) is 0 Å². The molecule has 4 nitrogen and oxygen atoms in total. The van der Waals surface area contributed by atoms with E-state index in [1.807, 2.05) is 13.8 Å². The Morgan fingerprint density at radius 2 is 2.27 bits per heavy atom. The standard InChI is InChI=1S/C11H21NO3/c1-11(2,15-3)7-10(14)12-6-4-5-9(12)8-13/h9,13H,4-8H2,1-3H3. The highest BCUT2D eigenvalue weighted by Gasteiger charge is 2.31. The average Bonchev–Trinajstić information content (AvgIpc) is 2.64. The first-order valence-corrected chi connectivity index (χ1v) is 5.45. The minimum atomic E-state index is -0.417. The first kappa shape index (κ1) is 12.5. The number of hydrogen-bond donors (Lipinski definition) is 1. The van der Waals surface area contributed by atoms with Gasteiger partial charge in [0.1, 0.15) is 0 Å². The molecule has 1 fully saturated rings. The third-order valence-corrected chi connectivity index (χ3v) is 3.04. The molecule has 0 aromatic heterocycles. The van der Waals surface area contributed by atoms with E-state index in [9.17, 15) is 4.79 Å². The van der Waals surface area contributed by atoms with Crippen molar-refractivity contribution in [1.82, 2.24) is 4.90 Å². The number of aliphatic hydroxyl groups is 1. The van der Waals surface area contributed by atoms with Gasteiger partial charge in [-0.3, -0.25) is 4.79 Å². The second-order valence-electron chi connectivity index (χ2n) is 4.71. The van der Waals surface area contributed by atoms with Gasteiger partial charge in [-0.15, -0.1) is 0 Å². The van der Waals surface area contributed by atoms with Gasteiger partial charge in [-0.1, -0.05) is 0 Å². The third-order valence-electron chi connectivity index (χ3n) is 3.04. The molecular weight excluding hydrogens is 194 g/mol. The SMILES string of the molecule is COC(C)(C)CC(=O)N1CCCC1CO. The number of nitrogens with zero attached hydrogens (tertiary/aromatic N) is 1. The summed E-state index contributed by atoms with van der Waals surface area (Å²) in [6.07, 6.45) is 2.28. The molecule has 0 saturated carbocycles. The van der Waals surface area contributed by atoms with Crippen molar-refractivity contribution in [3.05, 3.63) is 0 Å². The molecule has 1 aliphatic heterocycles. The molecule has 4 heteroatoms. The molecule has 88 valence electrons. The molecule has 1 atom stereocenters. The Kier molecular flexibility index (Phi) is 4.11. The highest BCUT2D eigenvalue weighted by Crippen LogP contribution is 2.21. The smallest absolute Gasteiger partial charge is 0.225 e. The zero-order chi connectivity index (χ0) is 11.5. The molecular formula is C11H21NO3. The molecule has 15 heavy (non-hydrogen) atoms. The Morgan fingerprint density at radius 3 is 2.80 bits per heavy atom. The minimum absolute atomic E-state index is 0.0187. The summed E-state index contributed by atoms with van der Waals surface area (Å²) >= 11 is 0. The molecule has 0 aliphatic carbocycles. The molecule has 0 radical (unpaired) electrons. The van der Waals surface area contributed by atoms with E-state index in [1.165, 1.54) is 0 Å². The summed E-state index contributed by atoms with van der Waals surface area (Å²) < 4.78 is 5.23. The van der Waals surface area contributed by atoms with Gasteiger partial charge in [-0.05, 0) is 26.7 Å². The van der Waals surface area contributed by atoms with E-state index in [-0.39, 0.29) is 18.6 Å². The van der Waals surface area contributed by atoms with Crippen LogP contribution >= 0.6 is 0 Å². The fraction of sp³-hybridized carbons (Fsp3) is 0.909. The molecule has 1 saturated heterocycles. The summed E-state index contributed by atoms with van der Waals surface area (Å²) in [5, 5.41) is 9.12. The molecule has 1 aliphatic rings. The van der Waals surface area contributed by atoms with Gasteiger partial charge >= 0.3 is 0 Å². The molecule has 1 amide bonds. The van der Waals surface area contributed by atoms with Gasteiger partial charge in [-0.25, -0.2) is 0 Å². The van der Waals surface area contributed by atoms with Crippen LogP contribution in [-0.4, -0.2) is 47.8 Å². The van der Waals surface area contributed by atoms with Crippen molar-refractivity contribution in [3.63, 3.8) is 0 Å². The second kappa shape index (κ2) is 4.94. The topological polar surface area (TPSA) is 49.8 Å². The zero-order valence-corrected chi connectivity index (χ0v) is 9.82. The van der Waals surface area contributed by atoms with E-state index in [1.54, 1.807) is 12.0 Å². The minimum Gasteiger partial charge on any atom is -0.394 e. The Hall–Kier alpha value is -0.610. The Balaban J connectivity index is 2.53. The van der Waals surface area contributed by atoms with Crippen LogP contribution < -0.4 is 0 Å². The van der Waals surface area contributed by atoms with Crippen molar-refractivity contribution in [3.8, 4) is 0 Å². The highest BCUT2D eigenvalue weighted by atomic mass is 16.5. The predicted molar refractivity (Wildman–Crippen MR) is 57.5 cm³/mol. The largest absolute Gasteiger partial charge is 0.394 e. The molecule has 1 rings (SSSR count). The van der Waals surface area contributed by atoms with Crippen LogP contribution in [0, 0.1) is 0 Å². The van der Waals surface area contributed by atoms with E-state index in [0.717, 1.165) is 19.4 Å². The number of amides is 1. The molecule has 0 spiro atoms. The summed E-state index contributed by atoms with van der Waals surface area (Å²) in [5.41, 5.74) is -0.417. The van der Waals surface area contributed by atoms with Crippen LogP contribution in [0.25, 0.3) is 0 Å². The summed E-state index contributed by atoms with van der Waals surface area (Å²) in [7, 11) is 1.61. The maximum absolute atomic E-state index is 11.9. The van der Waals surface area contributed by atoms with Gasteiger partial charge < -0.3 is 14.7 Å². The van der Waals surface area contributed by atoms with E-state index in [0.29, 0.717) is 6.42 Å². The summed E-state index contributed by atoms with van der Waals surface area (Å²) in [5.74, 6) is 0.0819. The average molecular weight is 215 g/mol. The van der Waals surface area contributed by atoms with Crippen LogP contribution in [0.2, 0.25) is 0 Å². The van der Waals surface area contributed by atoms with Crippen LogP contribution in [0.5, 0.6) is 0 Å². The predicted octanol–water partition coefficient (Wildman–Crippen LogP) is 0.785. The molecule has 1 N–H and O–H groups in total. The maximum Gasteiger partial charge on any atom is 0.225 e. The first-order chi connectivity index (χ1) is 7.00. The van der Waals surface area contributed by atoms with Crippen molar-refractivity contribution in [2.45, 2.75) is 44.8 Å². The van der Waals surface area contributed by atoms with Crippen LogP contribution in [0.3, 0.4) is 0 Å². The summed E-state index contributed by atoms with van der Waals surface area (Å²) in [6, 6.07) is 0.0187. The van der Waals surface area contributed by atoms with E-state index in [4.69, 9.17) is 9.84 Å². The lowest BCUT2D eigenvalue weighted by atomic mass is 10.0. The van der Waals surface area contributed by atoms with Gasteiger partial charge in [0, 0.05) is 13.7 Å². The number of hydrogen-bond acceptors (Lipinski definition) is 3. The Bertz CT molecular complexity index is 228. The molecule has 0 aromatic rings. The second-order valence-corrected chi connectivity index (χ2v) is 4.71. The van der Waals surface area contributed by atoms with Gasteiger partial charge in [0.25, 0.3) is 0 Å². The van der Waals surface area contributed by atoms with E-state index >= 15 is 0 Å². The molecule has 0 bridgehead atoms. The Morgan fingerprint density at radius 1 is 1.60 bits per heavy atom. The zero-order valence-electron chi connectivity index (χ0n) is 9.82. The van der Waals surface area contributed by atoms with Gasteiger partial charge in [0.15, 0.2) is 0 Å². The summed E-state index contributed by atoms with van der Waals surface area (Å²) in [4.78, 5) is 13.7. The molecule has 1 unspecified atom stereocenters. The highest BCUT2D eigenvalue weighted by molar-refractivity contribution is 5.77. The quantitative estimate of drug-likeness (QED) is 0.754. The fourth-order valence-electron chi connectivity index (χ4n) is 1.89. The summed E-state index contributed by atoms with van der Waals surface area (Å²) in [6.45, 7) is 4.63. The third kappa shape index (κ3) is 3.18. The van der Waals surface area contributed by atoms with Crippen LogP contribution in [0.15, 0.2) is 0 Å². The Labute approximate surface area is 91.2 Å². The van der Waals surface area contributed by atoms with Crippen molar-refractivity contribution >= 4 is 5.91 Å². The van der Waals surface area contributed by atoms with Gasteiger partial charge in [0.2, 0.25) is 5.91 Å². The maximum atomic E-state index is 11.9. The van der Waals surface area contributed by atoms with E-state index < -0.39 is 5.60 Å². The number of carbonyl (C=O) groups is 1. The van der Waals surface area contributed by atoms with Gasteiger partial charge in [0.05, 0.1) is 24.7 Å². The van der Waals surface area contributed by atoms with Crippen molar-refractivity contribution < 1.29 is 14.6 Å². The lowest BCUT2D eigenvalue weighted by Gasteiger charge is -2.28. The monoisotopic (exact) mass is 215 g/mol.